The van der Waals surface area contributed by atoms with Crippen molar-refractivity contribution in [2.75, 3.05) is 51.0 Å². The molecular weight excluding hydrogens is 342 g/mol. The van der Waals surface area contributed by atoms with Crippen molar-refractivity contribution in [3.8, 4) is 11.8 Å². The van der Waals surface area contributed by atoms with Crippen LogP contribution in [0.1, 0.15) is 27.7 Å². The fraction of sp³-hybridized carbons (Fsp3) is 0.824. The molecule has 2 amide bonds. The van der Waals surface area contributed by atoms with Crippen LogP contribution in [0, 0.1) is 22.7 Å². The van der Waals surface area contributed by atoms with Crippen LogP contribution in [0.25, 0.3) is 0 Å². The van der Waals surface area contributed by atoms with Crippen LogP contribution in [-0.4, -0.2) is 61.3 Å². The first kappa shape index (κ1) is 21.9. The number of nitrogens with zero attached hydrogens (tertiary/aromatic N) is 1. The molecule has 0 radical (unpaired) electrons. The summed E-state index contributed by atoms with van der Waals surface area (Å²) in [5.41, 5.74) is 4.44. The number of carbonyl (C=O) groups excluding carboxylic acids is 1. The maximum atomic E-state index is 13.1. The number of amides is 2. The topological polar surface area (TPSA) is 103 Å². The number of hydrogen-bond acceptors (Lipinski definition) is 5. The molecule has 1 heterocycles. The fourth-order valence-electron chi connectivity index (χ4n) is 2.47. The van der Waals surface area contributed by atoms with E-state index in [1.165, 1.54) is 0 Å². The van der Waals surface area contributed by atoms with Crippen molar-refractivity contribution in [2.24, 2.45) is 20.9 Å². The van der Waals surface area contributed by atoms with Gasteiger partial charge < -0.3 is 20.5 Å². The third-order valence-corrected chi connectivity index (χ3v) is 6.16. The molecule has 1 aliphatic heterocycles. The summed E-state index contributed by atoms with van der Waals surface area (Å²) in [5.74, 6) is 6.90. The summed E-state index contributed by atoms with van der Waals surface area (Å²) in [4.78, 5) is 12.0. The maximum Gasteiger partial charge on any atom is 0.349 e. The van der Waals surface area contributed by atoms with Crippen molar-refractivity contribution >= 4 is 15.8 Å². The number of rotatable bonds is 8. The number of carbonyl (C=O) groups is 1. The lowest BCUT2D eigenvalue weighted by atomic mass is 9.92. The number of hydrogen-bond donors (Lipinski definition) is 2. The lowest BCUT2D eigenvalue weighted by Gasteiger charge is -2.21. The molecule has 8 heteroatoms. The van der Waals surface area contributed by atoms with E-state index in [0.717, 1.165) is 0 Å². The van der Waals surface area contributed by atoms with Crippen LogP contribution in [0.2, 0.25) is 0 Å². The fourth-order valence-corrected chi connectivity index (χ4v) is 5.47. The Morgan fingerprint density at radius 2 is 1.60 bits per heavy atom. The maximum absolute atomic E-state index is 13.1. The highest BCUT2D eigenvalue weighted by Gasteiger charge is 2.32. The molecule has 0 aliphatic carbocycles. The molecule has 0 bridgehead atoms. The summed E-state index contributed by atoms with van der Waals surface area (Å²) in [5, 5.41) is 2.62. The molecule has 0 unspecified atom stereocenters. The zero-order valence-corrected chi connectivity index (χ0v) is 16.5. The van der Waals surface area contributed by atoms with Gasteiger partial charge in [-0.15, -0.1) is 4.36 Å². The second-order valence-electron chi connectivity index (χ2n) is 7.42. The molecule has 0 atom stereocenters. The molecular formula is C17H31N3O4S. The molecule has 0 aromatic heterocycles. The zero-order chi connectivity index (χ0) is 19.0. The Bertz CT molecular complexity index is 598. The summed E-state index contributed by atoms with van der Waals surface area (Å²) >= 11 is 0. The smallest absolute Gasteiger partial charge is 0.349 e. The average Bonchev–Trinajstić information content (AvgIpc) is 2.54. The molecule has 25 heavy (non-hydrogen) atoms. The lowest BCUT2D eigenvalue weighted by Crippen LogP contribution is -2.31. The minimum Gasteiger partial charge on any atom is -0.378 e. The van der Waals surface area contributed by atoms with Gasteiger partial charge in [-0.1, -0.05) is 11.8 Å². The summed E-state index contributed by atoms with van der Waals surface area (Å²) in [7, 11) is -2.68. The predicted octanol–water partition coefficient (Wildman–Crippen LogP) is 1.23. The molecule has 0 aromatic carbocycles. The summed E-state index contributed by atoms with van der Waals surface area (Å²) in [6, 6.07) is -0.568. The summed E-state index contributed by atoms with van der Waals surface area (Å²) < 4.78 is 27.6. The molecule has 144 valence electrons. The summed E-state index contributed by atoms with van der Waals surface area (Å²) in [6.07, 6.45) is 0. The van der Waals surface area contributed by atoms with Crippen LogP contribution >= 0.6 is 0 Å². The van der Waals surface area contributed by atoms with E-state index in [0.29, 0.717) is 51.0 Å². The van der Waals surface area contributed by atoms with Gasteiger partial charge in [-0.2, -0.15) is 0 Å². The van der Waals surface area contributed by atoms with Gasteiger partial charge in [0.05, 0.1) is 36.2 Å². The molecule has 0 spiro atoms. The predicted molar refractivity (Wildman–Crippen MR) is 99.7 cm³/mol. The Morgan fingerprint density at radius 3 is 2.12 bits per heavy atom. The highest BCUT2D eigenvalue weighted by molar-refractivity contribution is 7.94. The van der Waals surface area contributed by atoms with Gasteiger partial charge in [0.25, 0.3) is 0 Å². The third-order valence-electron chi connectivity index (χ3n) is 3.32. The normalized spacial score (nSPS) is 20.0. The van der Waals surface area contributed by atoms with E-state index in [2.05, 4.69) is 21.5 Å². The van der Waals surface area contributed by atoms with Gasteiger partial charge in [-0.05, 0) is 27.7 Å². The van der Waals surface area contributed by atoms with Gasteiger partial charge in [0.1, 0.15) is 0 Å². The third kappa shape index (κ3) is 9.21. The van der Waals surface area contributed by atoms with Crippen LogP contribution in [-0.2, 0) is 19.2 Å². The van der Waals surface area contributed by atoms with Crippen molar-refractivity contribution < 1.29 is 18.5 Å². The number of nitrogens with two attached hydrogens (primary N) is 1. The van der Waals surface area contributed by atoms with Gasteiger partial charge >= 0.3 is 6.03 Å². The van der Waals surface area contributed by atoms with E-state index in [9.17, 15) is 9.00 Å². The Kier molecular flexibility index (Phi) is 8.35. The van der Waals surface area contributed by atoms with E-state index in [1.807, 2.05) is 27.7 Å². The second-order valence-corrected chi connectivity index (χ2v) is 9.72. The van der Waals surface area contributed by atoms with Crippen molar-refractivity contribution in [1.82, 2.24) is 5.32 Å². The van der Waals surface area contributed by atoms with E-state index < -0.39 is 26.6 Å². The Morgan fingerprint density at radius 1 is 1.08 bits per heavy atom. The SMILES string of the molecule is CC1(C)C#CC(C)(C)CS(=O)(=NC(=O)NCCOCCOCCN)C1. The van der Waals surface area contributed by atoms with Crippen molar-refractivity contribution in [3.05, 3.63) is 0 Å². The zero-order valence-electron chi connectivity index (χ0n) is 15.7. The molecule has 0 saturated heterocycles. The van der Waals surface area contributed by atoms with Crippen molar-refractivity contribution in [1.29, 1.82) is 0 Å². The highest BCUT2D eigenvalue weighted by atomic mass is 32.2. The van der Waals surface area contributed by atoms with E-state index >= 15 is 0 Å². The van der Waals surface area contributed by atoms with Crippen LogP contribution in [0.4, 0.5) is 4.79 Å². The summed E-state index contributed by atoms with van der Waals surface area (Å²) in [6.45, 7) is 10.2. The molecule has 1 rings (SSSR count). The highest BCUT2D eigenvalue weighted by Crippen LogP contribution is 2.28. The first-order chi connectivity index (χ1) is 11.6. The molecule has 0 saturated carbocycles. The van der Waals surface area contributed by atoms with Crippen LogP contribution in [0.3, 0.4) is 0 Å². The molecule has 7 nitrogen and oxygen atoms in total. The van der Waals surface area contributed by atoms with E-state index in [4.69, 9.17) is 15.2 Å². The van der Waals surface area contributed by atoms with Gasteiger partial charge in [-0.25, -0.2) is 9.00 Å². The molecule has 3 N–H and O–H groups in total. The minimum absolute atomic E-state index is 0.291. The van der Waals surface area contributed by atoms with Gasteiger partial charge in [0.2, 0.25) is 0 Å². The monoisotopic (exact) mass is 373 g/mol. The van der Waals surface area contributed by atoms with Crippen LogP contribution < -0.4 is 11.1 Å². The number of ether oxygens (including phenoxy) is 2. The molecule has 0 aromatic rings. The van der Waals surface area contributed by atoms with Crippen LogP contribution in [0.5, 0.6) is 0 Å². The Hall–Kier alpha value is -1.14. The lowest BCUT2D eigenvalue weighted by molar-refractivity contribution is 0.0525. The van der Waals surface area contributed by atoms with Crippen LogP contribution in [0.15, 0.2) is 4.36 Å². The van der Waals surface area contributed by atoms with Crippen molar-refractivity contribution in [2.45, 2.75) is 27.7 Å². The van der Waals surface area contributed by atoms with Gasteiger partial charge in [-0.3, -0.25) is 0 Å². The van der Waals surface area contributed by atoms with Crippen molar-refractivity contribution in [3.63, 3.8) is 0 Å². The number of urea groups is 1. The Labute approximate surface area is 151 Å². The largest absolute Gasteiger partial charge is 0.378 e. The minimum atomic E-state index is -2.68. The standard InChI is InChI=1S/C17H31N3O4S/c1-16(2)5-6-17(3,4)14-25(22,13-16)20-15(21)19-8-10-24-12-11-23-9-7-18/h7-14,18H2,1-4H3,(H,19,21). The molecule has 1 aliphatic rings. The van der Waals surface area contributed by atoms with Gasteiger partial charge in [0, 0.05) is 35.4 Å². The van der Waals surface area contributed by atoms with E-state index in [1.54, 1.807) is 0 Å². The van der Waals surface area contributed by atoms with Gasteiger partial charge in [0.15, 0.2) is 0 Å². The second kappa shape index (κ2) is 9.53. The Balaban J connectivity index is 2.49. The quantitative estimate of drug-likeness (QED) is 0.492. The molecule has 0 fully saturated rings. The first-order valence-corrected chi connectivity index (χ1v) is 10.3. The van der Waals surface area contributed by atoms with E-state index in [-0.39, 0.29) is 0 Å². The first-order valence-electron chi connectivity index (χ1n) is 8.48. The number of nitrogens with one attached hydrogen (secondary N) is 1. The average molecular weight is 374 g/mol.